The largest absolute Gasteiger partial charge is 0.497 e. The normalized spacial score (nSPS) is 22.0. The van der Waals surface area contributed by atoms with E-state index in [2.05, 4.69) is 19.2 Å². The highest BCUT2D eigenvalue weighted by molar-refractivity contribution is 5.91. The zero-order chi connectivity index (χ0) is 20.0. The van der Waals surface area contributed by atoms with Gasteiger partial charge in [0.15, 0.2) is 12.6 Å². The van der Waals surface area contributed by atoms with Crippen LogP contribution in [-0.4, -0.2) is 55.0 Å². The van der Waals surface area contributed by atoms with E-state index in [0.29, 0.717) is 0 Å². The molecule has 6 heteroatoms. The quantitative estimate of drug-likeness (QED) is 0.762. The summed E-state index contributed by atoms with van der Waals surface area (Å²) in [6.45, 7) is 9.20. The SMILES string of the molecule is CC[NH+](CC(=O)Nc1ccc(OC)cc1)[C@@H](C)C(=O)N1[C@H](C)CCC[C@@H]1C. The molecule has 0 aromatic heterocycles. The summed E-state index contributed by atoms with van der Waals surface area (Å²) in [4.78, 5) is 28.6. The van der Waals surface area contributed by atoms with Gasteiger partial charge in [0.05, 0.1) is 13.7 Å². The Kier molecular flexibility index (Phi) is 7.66. The van der Waals surface area contributed by atoms with Crippen LogP contribution in [0, 0.1) is 0 Å². The molecule has 0 radical (unpaired) electrons. The molecule has 2 rings (SSSR count). The minimum absolute atomic E-state index is 0.0867. The maximum Gasteiger partial charge on any atom is 0.281 e. The number of nitrogens with zero attached hydrogens (tertiary/aromatic N) is 1. The fraction of sp³-hybridized carbons (Fsp3) is 0.619. The zero-order valence-electron chi connectivity index (χ0n) is 17.2. The van der Waals surface area contributed by atoms with Crippen molar-refractivity contribution in [2.45, 2.75) is 65.1 Å². The topological polar surface area (TPSA) is 63.1 Å². The van der Waals surface area contributed by atoms with Crippen molar-refractivity contribution in [2.75, 3.05) is 25.5 Å². The molecule has 4 atom stereocenters. The van der Waals surface area contributed by atoms with E-state index in [1.54, 1.807) is 7.11 Å². The molecule has 1 aromatic rings. The highest BCUT2D eigenvalue weighted by Crippen LogP contribution is 2.23. The number of anilines is 1. The van der Waals surface area contributed by atoms with Crippen LogP contribution in [0.5, 0.6) is 5.75 Å². The van der Waals surface area contributed by atoms with Gasteiger partial charge in [0, 0.05) is 17.8 Å². The first kappa shape index (κ1) is 21.2. The molecule has 1 aromatic carbocycles. The van der Waals surface area contributed by atoms with Gasteiger partial charge in [-0.1, -0.05) is 0 Å². The lowest BCUT2D eigenvalue weighted by Gasteiger charge is -2.41. The number of quaternary nitrogens is 1. The molecule has 0 saturated carbocycles. The van der Waals surface area contributed by atoms with Crippen LogP contribution in [0.4, 0.5) is 5.69 Å². The lowest BCUT2D eigenvalue weighted by Crippen LogP contribution is -3.17. The number of nitrogens with one attached hydrogen (secondary N) is 2. The van der Waals surface area contributed by atoms with Gasteiger partial charge in [-0.2, -0.15) is 0 Å². The molecular formula is C21H34N3O3+. The first-order valence-electron chi connectivity index (χ1n) is 9.98. The molecule has 27 heavy (non-hydrogen) atoms. The van der Waals surface area contributed by atoms with Gasteiger partial charge in [-0.3, -0.25) is 9.59 Å². The van der Waals surface area contributed by atoms with Crippen LogP contribution in [0.1, 0.15) is 47.0 Å². The molecule has 150 valence electrons. The summed E-state index contributed by atoms with van der Waals surface area (Å²) in [5, 5.41) is 2.91. The maximum atomic E-state index is 13.1. The van der Waals surface area contributed by atoms with E-state index in [1.807, 2.05) is 43.0 Å². The monoisotopic (exact) mass is 376 g/mol. The van der Waals surface area contributed by atoms with E-state index in [4.69, 9.17) is 4.74 Å². The van der Waals surface area contributed by atoms with E-state index in [9.17, 15) is 9.59 Å². The number of methoxy groups -OCH3 is 1. The second-order valence-corrected chi connectivity index (χ2v) is 7.56. The van der Waals surface area contributed by atoms with Crippen LogP contribution in [0.3, 0.4) is 0 Å². The average Bonchev–Trinajstić information content (AvgIpc) is 2.66. The number of benzene rings is 1. The van der Waals surface area contributed by atoms with Gasteiger partial charge in [-0.15, -0.1) is 0 Å². The molecular weight excluding hydrogens is 342 g/mol. The predicted molar refractivity (Wildman–Crippen MR) is 107 cm³/mol. The van der Waals surface area contributed by atoms with E-state index < -0.39 is 0 Å². The fourth-order valence-corrected chi connectivity index (χ4v) is 3.92. The molecule has 1 saturated heterocycles. The molecule has 2 N–H and O–H groups in total. The first-order chi connectivity index (χ1) is 12.9. The second kappa shape index (κ2) is 9.74. The van der Waals surface area contributed by atoms with Gasteiger partial charge in [0.2, 0.25) is 0 Å². The number of likely N-dealkylation sites (N-methyl/N-ethyl adjacent to an activating group) is 1. The first-order valence-corrected chi connectivity index (χ1v) is 9.98. The second-order valence-electron chi connectivity index (χ2n) is 7.56. The van der Waals surface area contributed by atoms with E-state index in [0.717, 1.165) is 35.7 Å². The highest BCUT2D eigenvalue weighted by Gasteiger charge is 2.36. The van der Waals surface area contributed by atoms with E-state index in [-0.39, 0.29) is 36.5 Å². The Bertz CT molecular complexity index is 622. The third-order valence-corrected chi connectivity index (χ3v) is 5.65. The molecule has 0 spiro atoms. The highest BCUT2D eigenvalue weighted by atomic mass is 16.5. The number of amides is 2. The summed E-state index contributed by atoms with van der Waals surface area (Å²) in [5.41, 5.74) is 0.730. The van der Waals surface area contributed by atoms with Crippen molar-refractivity contribution >= 4 is 17.5 Å². The fourth-order valence-electron chi connectivity index (χ4n) is 3.92. The Labute approximate surface area is 162 Å². The molecule has 0 bridgehead atoms. The van der Waals surface area contributed by atoms with Crippen LogP contribution >= 0.6 is 0 Å². The van der Waals surface area contributed by atoms with Crippen molar-refractivity contribution in [1.29, 1.82) is 0 Å². The number of hydrogen-bond acceptors (Lipinski definition) is 3. The number of rotatable bonds is 7. The van der Waals surface area contributed by atoms with Crippen LogP contribution < -0.4 is 15.0 Å². The summed E-state index contributed by atoms with van der Waals surface area (Å²) in [6, 6.07) is 7.56. The Morgan fingerprint density at radius 3 is 2.33 bits per heavy atom. The van der Waals surface area contributed by atoms with Gasteiger partial charge < -0.3 is 19.9 Å². The number of ether oxygens (including phenoxy) is 1. The maximum absolute atomic E-state index is 13.1. The van der Waals surface area contributed by atoms with Crippen molar-refractivity contribution in [3.05, 3.63) is 24.3 Å². The van der Waals surface area contributed by atoms with E-state index in [1.165, 1.54) is 6.42 Å². The Morgan fingerprint density at radius 1 is 1.22 bits per heavy atom. The van der Waals surface area contributed by atoms with Crippen molar-refractivity contribution in [3.63, 3.8) is 0 Å². The van der Waals surface area contributed by atoms with Crippen LogP contribution in [0.25, 0.3) is 0 Å². The molecule has 2 amide bonds. The summed E-state index contributed by atoms with van der Waals surface area (Å²) < 4.78 is 5.13. The van der Waals surface area contributed by atoms with Gasteiger partial charge in [-0.25, -0.2) is 0 Å². The zero-order valence-corrected chi connectivity index (χ0v) is 17.2. The summed E-state index contributed by atoms with van der Waals surface area (Å²) >= 11 is 0. The van der Waals surface area contributed by atoms with E-state index >= 15 is 0 Å². The van der Waals surface area contributed by atoms with Crippen molar-refractivity contribution in [1.82, 2.24) is 4.90 Å². The third-order valence-electron chi connectivity index (χ3n) is 5.65. The van der Waals surface area contributed by atoms with Crippen molar-refractivity contribution in [2.24, 2.45) is 0 Å². The summed E-state index contributed by atoms with van der Waals surface area (Å²) in [6.07, 6.45) is 3.29. The Balaban J connectivity index is 1.97. The minimum atomic E-state index is -0.236. The number of likely N-dealkylation sites (tertiary alicyclic amines) is 1. The number of hydrogen-bond donors (Lipinski definition) is 2. The van der Waals surface area contributed by atoms with Gasteiger partial charge >= 0.3 is 0 Å². The van der Waals surface area contributed by atoms with Crippen LogP contribution in [-0.2, 0) is 9.59 Å². The third kappa shape index (κ3) is 5.45. The summed E-state index contributed by atoms with van der Waals surface area (Å²) in [7, 11) is 1.61. The summed E-state index contributed by atoms with van der Waals surface area (Å²) in [5.74, 6) is 0.818. The minimum Gasteiger partial charge on any atom is -0.497 e. The molecule has 0 aliphatic carbocycles. The lowest BCUT2D eigenvalue weighted by atomic mass is 9.96. The molecule has 1 aliphatic heterocycles. The van der Waals surface area contributed by atoms with Crippen LogP contribution in [0.2, 0.25) is 0 Å². The molecule has 1 heterocycles. The van der Waals surface area contributed by atoms with Gasteiger partial charge in [0.1, 0.15) is 5.75 Å². The van der Waals surface area contributed by atoms with Crippen molar-refractivity contribution in [3.8, 4) is 5.75 Å². The Hall–Kier alpha value is -2.08. The predicted octanol–water partition coefficient (Wildman–Crippen LogP) is 1.72. The standard InChI is InChI=1S/C21H33N3O3/c1-6-23(14-20(25)22-18-10-12-19(27-5)13-11-18)17(4)21(26)24-15(2)8-7-9-16(24)3/h10-13,15-17H,6-9,14H2,1-5H3,(H,22,25)/p+1/t15-,16+,17-/m0/s1. The van der Waals surface area contributed by atoms with Gasteiger partial charge in [-0.05, 0) is 71.2 Å². The molecule has 1 fully saturated rings. The molecule has 1 unspecified atom stereocenters. The van der Waals surface area contributed by atoms with Gasteiger partial charge in [0.25, 0.3) is 11.8 Å². The smallest absolute Gasteiger partial charge is 0.281 e. The van der Waals surface area contributed by atoms with Crippen LogP contribution in [0.15, 0.2) is 24.3 Å². The Morgan fingerprint density at radius 2 is 1.81 bits per heavy atom. The van der Waals surface area contributed by atoms with Crippen molar-refractivity contribution < 1.29 is 19.2 Å². The number of carbonyl (C=O) groups is 2. The average molecular weight is 377 g/mol. The lowest BCUT2D eigenvalue weighted by molar-refractivity contribution is -0.904. The number of carbonyl (C=O) groups excluding carboxylic acids is 2. The molecule has 1 aliphatic rings. The number of piperidine rings is 1. The molecule has 6 nitrogen and oxygen atoms in total.